The third-order valence-electron chi connectivity index (χ3n) is 20.5. The van der Waals surface area contributed by atoms with E-state index >= 15 is 0 Å². The third-order valence-corrected chi connectivity index (χ3v) is 20.5. The van der Waals surface area contributed by atoms with Crippen LogP contribution in [0.5, 0.6) is 0 Å². The fourth-order valence-electron chi connectivity index (χ4n) is 15.3. The molecule has 9 aromatic carbocycles. The van der Waals surface area contributed by atoms with Crippen molar-refractivity contribution in [1.29, 1.82) is 0 Å². The number of nitrogens with zero attached hydrogens (tertiary/aromatic N) is 10. The first-order valence-electron chi connectivity index (χ1n) is 35.4. The fraction of sp³-hybridized carbons (Fsp3) is 0.108. The summed E-state index contributed by atoms with van der Waals surface area (Å²) in [6.07, 6.45) is 21.4. The lowest BCUT2D eigenvalue weighted by atomic mass is 9.77. The topological polar surface area (TPSA) is 105 Å². The Balaban J connectivity index is 0.738. The second-order valence-corrected chi connectivity index (χ2v) is 28.8. The average Bonchev–Trinajstić information content (AvgIpc) is 1.59. The van der Waals surface area contributed by atoms with Crippen LogP contribution >= 0.6 is 0 Å². The molecule has 18 rings (SSSR count). The molecule has 1 aliphatic rings. The molecule has 8 aromatic heterocycles. The van der Waals surface area contributed by atoms with Gasteiger partial charge in [0.15, 0.2) is 11.6 Å². The van der Waals surface area contributed by atoms with Gasteiger partial charge in [0.25, 0.3) is 0 Å². The number of benzene rings is 9. The molecule has 8 heterocycles. The summed E-state index contributed by atoms with van der Waals surface area (Å²) in [4.78, 5) is 35.5. The second-order valence-electron chi connectivity index (χ2n) is 28.8. The van der Waals surface area contributed by atoms with Crippen molar-refractivity contribution in [3.63, 3.8) is 0 Å². The molecule has 494 valence electrons. The number of fused-ring (bicyclic) bond motifs is 9. The summed E-state index contributed by atoms with van der Waals surface area (Å²) >= 11 is 0. The Kier molecular flexibility index (Phi) is 15.4. The molecule has 0 aliphatic heterocycles. The number of hydrogen-bond donors (Lipinski definition) is 0. The van der Waals surface area contributed by atoms with Crippen molar-refractivity contribution in [1.82, 2.24) is 48.6 Å². The molecule has 17 aromatic rings. The Hall–Kier alpha value is -12.8. The van der Waals surface area contributed by atoms with Crippen LogP contribution in [0.15, 0.2) is 304 Å². The summed E-state index contributed by atoms with van der Waals surface area (Å²) in [7, 11) is 0. The van der Waals surface area contributed by atoms with E-state index in [-0.39, 0.29) is 10.8 Å². The molecule has 0 unspecified atom stereocenters. The minimum atomic E-state index is -0.284. The molecule has 0 spiro atoms. The molecule has 0 N–H and O–H groups in total. The molecule has 10 heteroatoms. The number of rotatable bonds is 13. The van der Waals surface area contributed by atoms with Crippen molar-refractivity contribution in [2.45, 2.75) is 64.7 Å². The van der Waals surface area contributed by atoms with E-state index in [1.165, 1.54) is 38.5 Å². The van der Waals surface area contributed by atoms with Crippen LogP contribution in [-0.2, 0) is 10.8 Å². The number of allylic oxidation sites excluding steroid dienone is 2. The van der Waals surface area contributed by atoms with Gasteiger partial charge in [-0.1, -0.05) is 216 Å². The van der Waals surface area contributed by atoms with E-state index in [0.29, 0.717) is 11.6 Å². The van der Waals surface area contributed by atoms with Crippen LogP contribution in [0.1, 0.15) is 76.3 Å². The van der Waals surface area contributed by atoms with Crippen LogP contribution < -0.4 is 0 Å². The van der Waals surface area contributed by atoms with Crippen molar-refractivity contribution in [2.24, 2.45) is 0 Å². The first kappa shape index (κ1) is 62.5. The molecule has 0 saturated heterocycles. The minimum absolute atomic E-state index is 0.0563. The Morgan fingerprint density at radius 3 is 1.33 bits per heavy atom. The first-order valence-corrected chi connectivity index (χ1v) is 35.4. The lowest BCUT2D eigenvalue weighted by molar-refractivity contribution is 0.513. The summed E-state index contributed by atoms with van der Waals surface area (Å²) in [5.74, 6) is 1.29. The number of pyridine rings is 3. The molecule has 103 heavy (non-hydrogen) atoms. The van der Waals surface area contributed by atoms with Gasteiger partial charge >= 0.3 is 0 Å². The molecule has 0 radical (unpaired) electrons. The zero-order valence-electron chi connectivity index (χ0n) is 58.0. The van der Waals surface area contributed by atoms with E-state index in [2.05, 4.69) is 297 Å². The predicted molar refractivity (Wildman–Crippen MR) is 424 cm³/mol. The largest absolute Gasteiger partial charge is 0.309 e. The molecule has 1 aliphatic carbocycles. The van der Waals surface area contributed by atoms with Crippen LogP contribution in [0.4, 0.5) is 0 Å². The lowest BCUT2D eigenvalue weighted by Crippen LogP contribution is -2.18. The summed E-state index contributed by atoms with van der Waals surface area (Å²) in [6.45, 7) is 11.8. The van der Waals surface area contributed by atoms with Gasteiger partial charge < -0.3 is 13.7 Å². The molecule has 0 saturated carbocycles. The van der Waals surface area contributed by atoms with Gasteiger partial charge in [-0.25, -0.2) is 19.9 Å². The van der Waals surface area contributed by atoms with Gasteiger partial charge in [0, 0.05) is 102 Å². The monoisotopic (exact) mass is 1330 g/mol. The molecule has 0 fully saturated rings. The molecule has 0 bridgehead atoms. The highest BCUT2D eigenvalue weighted by molar-refractivity contribution is 6.11. The van der Waals surface area contributed by atoms with Crippen LogP contribution in [0.25, 0.3) is 163 Å². The first-order chi connectivity index (χ1) is 50.4. The van der Waals surface area contributed by atoms with Gasteiger partial charge in [0.05, 0.1) is 74.6 Å². The number of hydrogen-bond acceptors (Lipinski definition) is 7. The van der Waals surface area contributed by atoms with E-state index in [9.17, 15) is 0 Å². The zero-order valence-corrected chi connectivity index (χ0v) is 58.0. The van der Waals surface area contributed by atoms with Crippen molar-refractivity contribution >= 4 is 66.7 Å². The normalized spacial score (nSPS) is 13.5. The maximum atomic E-state index is 5.44. The number of aromatic nitrogens is 10. The van der Waals surface area contributed by atoms with Crippen molar-refractivity contribution in [3.8, 4) is 96.0 Å². The Labute approximate surface area is 598 Å². The van der Waals surface area contributed by atoms with E-state index in [0.717, 1.165) is 148 Å². The maximum absolute atomic E-state index is 5.44. The predicted octanol–water partition coefficient (Wildman–Crippen LogP) is 23.1. The second kappa shape index (κ2) is 25.4. The van der Waals surface area contributed by atoms with Gasteiger partial charge in [0.1, 0.15) is 0 Å². The van der Waals surface area contributed by atoms with Crippen LogP contribution in [0, 0.1) is 0 Å². The highest BCUT2D eigenvalue weighted by atomic mass is 15.0. The van der Waals surface area contributed by atoms with Crippen molar-refractivity contribution in [2.75, 3.05) is 0 Å². The SMILES string of the molecule is CC(C)(C)c1ccc2c(c1)c1cc(C(C)(C)C/C3=C/c4c(c5ccncc5n4-c4cc(-c5nc(-c6ccccc6)cc(-c6ccccc6)n5)cc(-n5c6cnccc6c6ccncc65)c4)/C=C\CC3)ccc1n2-c1ccc(-c2cccc(-c3nc(-c4ccccc4)cc(-c4ccccc4)n3)c2)cc1. The van der Waals surface area contributed by atoms with Gasteiger partial charge in [0.2, 0.25) is 0 Å². The van der Waals surface area contributed by atoms with E-state index in [1.54, 1.807) is 0 Å². The van der Waals surface area contributed by atoms with E-state index < -0.39 is 0 Å². The maximum Gasteiger partial charge on any atom is 0.160 e. The zero-order chi connectivity index (χ0) is 69.3. The Bertz CT molecular complexity index is 6020. The molecular formula is C93H72N10. The molecule has 0 amide bonds. The van der Waals surface area contributed by atoms with Crippen LogP contribution in [0.3, 0.4) is 0 Å². The standard InChI is InChI=1S/C93H72N10/c1-92(2,3)69-35-39-84-78(51-69)79-52-70(36-40-85(79)101(84)71-37-33-61(34-38-71)66-30-20-31-67(48-66)90-97-80(62-22-10-6-11-23-62)54-81(98-90)63-24-12-7-13-25-63)93(4,5)56-60-21-18-19-32-74-75-41-44-94-57-87(75)102(86(74)47-60)72-49-68(50-73(53-72)103-88-58-95-45-42-76(88)77-43-46-96-59-89(77)103)91-99-82(64-26-14-8-15-27-64)55-83(100-91)65-28-16-9-17-29-65/h6-17,19-20,22-55,57-59H,18,21,56H2,1-5H3/b32-19-,60-47+. The fourth-order valence-corrected chi connectivity index (χ4v) is 15.3. The summed E-state index contributed by atoms with van der Waals surface area (Å²) in [5.41, 5.74) is 25.7. The molecular weight excluding hydrogens is 1260 g/mol. The van der Waals surface area contributed by atoms with E-state index in [1.807, 2.05) is 61.4 Å². The van der Waals surface area contributed by atoms with Gasteiger partial charge in [-0.2, -0.15) is 0 Å². The van der Waals surface area contributed by atoms with Gasteiger partial charge in [-0.15, -0.1) is 0 Å². The Morgan fingerprint density at radius 2 is 0.796 bits per heavy atom. The lowest BCUT2D eigenvalue weighted by Gasteiger charge is -2.28. The smallest absolute Gasteiger partial charge is 0.160 e. The summed E-state index contributed by atoms with van der Waals surface area (Å²) in [5, 5.41) is 5.79. The summed E-state index contributed by atoms with van der Waals surface area (Å²) in [6, 6.07) is 90.8. The minimum Gasteiger partial charge on any atom is -0.309 e. The third kappa shape index (κ3) is 11.6. The summed E-state index contributed by atoms with van der Waals surface area (Å²) < 4.78 is 7.15. The van der Waals surface area contributed by atoms with Crippen molar-refractivity contribution in [3.05, 3.63) is 326 Å². The Morgan fingerprint density at radius 1 is 0.340 bits per heavy atom. The van der Waals surface area contributed by atoms with Crippen LogP contribution in [0.2, 0.25) is 0 Å². The van der Waals surface area contributed by atoms with Gasteiger partial charge in [-0.05, 0) is 149 Å². The average molecular weight is 1330 g/mol. The highest BCUT2D eigenvalue weighted by Gasteiger charge is 2.28. The van der Waals surface area contributed by atoms with Gasteiger partial charge in [-0.3, -0.25) is 15.0 Å². The highest BCUT2D eigenvalue weighted by Crippen LogP contribution is 2.44. The molecule has 0 atom stereocenters. The van der Waals surface area contributed by atoms with E-state index in [4.69, 9.17) is 34.9 Å². The van der Waals surface area contributed by atoms with Crippen LogP contribution in [-0.4, -0.2) is 48.6 Å². The van der Waals surface area contributed by atoms with Crippen molar-refractivity contribution < 1.29 is 0 Å². The quantitative estimate of drug-likeness (QED) is 0.113. The molecule has 10 nitrogen and oxygen atoms in total.